The highest BCUT2D eigenvalue weighted by Gasteiger charge is 2.21. The second-order valence-corrected chi connectivity index (χ2v) is 8.07. The molecule has 1 aliphatic heterocycles. The van der Waals surface area contributed by atoms with Crippen LogP contribution in [0.25, 0.3) is 27.9 Å². The molecular weight excluding hydrogens is 386 g/mol. The molecule has 2 unspecified atom stereocenters. The Labute approximate surface area is 172 Å². The molecule has 4 heterocycles. The molecule has 154 valence electrons. The van der Waals surface area contributed by atoms with Crippen molar-refractivity contribution < 1.29 is 8.78 Å². The maximum absolute atomic E-state index is 14.4. The van der Waals surface area contributed by atoms with Crippen molar-refractivity contribution in [2.45, 2.75) is 32.9 Å². The Bertz CT molecular complexity index is 1260. The molecule has 30 heavy (non-hydrogen) atoms. The van der Waals surface area contributed by atoms with Crippen LogP contribution in [0.15, 0.2) is 36.7 Å². The molecule has 0 amide bonds. The minimum atomic E-state index is -0.611. The Morgan fingerprint density at radius 3 is 2.60 bits per heavy atom. The third kappa shape index (κ3) is 3.17. The molecule has 6 nitrogen and oxygen atoms in total. The SMILES string of the molecule is Cc1nc2c(F)cc(-c3ncc4cc(N5CC(C)NC(C)C5)ccc4n3)cn2c1F. The number of aromatic nitrogens is 4. The third-order valence-electron chi connectivity index (χ3n) is 5.52. The van der Waals surface area contributed by atoms with Gasteiger partial charge in [0.15, 0.2) is 17.3 Å². The van der Waals surface area contributed by atoms with Crippen LogP contribution in [-0.2, 0) is 0 Å². The number of nitrogens with one attached hydrogen (secondary N) is 1. The van der Waals surface area contributed by atoms with Crippen molar-refractivity contribution in [3.63, 3.8) is 0 Å². The zero-order valence-corrected chi connectivity index (χ0v) is 17.0. The molecular formula is C22H22F2N6. The number of rotatable bonds is 2. The van der Waals surface area contributed by atoms with Crippen LogP contribution in [0.1, 0.15) is 19.5 Å². The molecule has 1 aromatic carbocycles. The van der Waals surface area contributed by atoms with Crippen molar-refractivity contribution in [2.24, 2.45) is 0 Å². The van der Waals surface area contributed by atoms with E-state index in [1.54, 1.807) is 6.20 Å². The van der Waals surface area contributed by atoms with Crippen LogP contribution in [0.3, 0.4) is 0 Å². The van der Waals surface area contributed by atoms with Gasteiger partial charge in [0.05, 0.1) is 11.2 Å². The highest BCUT2D eigenvalue weighted by atomic mass is 19.1. The molecule has 0 spiro atoms. The zero-order chi connectivity index (χ0) is 21.0. The summed E-state index contributed by atoms with van der Waals surface area (Å²) in [7, 11) is 0. The van der Waals surface area contributed by atoms with E-state index >= 15 is 0 Å². The molecule has 0 saturated carbocycles. The monoisotopic (exact) mass is 408 g/mol. The van der Waals surface area contributed by atoms with Gasteiger partial charge in [0.2, 0.25) is 5.95 Å². The van der Waals surface area contributed by atoms with Crippen LogP contribution in [0.2, 0.25) is 0 Å². The number of imidazole rings is 1. The van der Waals surface area contributed by atoms with Gasteiger partial charge in [0.25, 0.3) is 0 Å². The van der Waals surface area contributed by atoms with E-state index in [-0.39, 0.29) is 11.3 Å². The smallest absolute Gasteiger partial charge is 0.220 e. The van der Waals surface area contributed by atoms with Gasteiger partial charge in [-0.05, 0) is 45.0 Å². The minimum Gasteiger partial charge on any atom is -0.368 e. The van der Waals surface area contributed by atoms with Crippen LogP contribution in [0.4, 0.5) is 14.5 Å². The molecule has 1 fully saturated rings. The van der Waals surface area contributed by atoms with Crippen molar-refractivity contribution in [1.29, 1.82) is 0 Å². The molecule has 4 aromatic rings. The van der Waals surface area contributed by atoms with Crippen molar-refractivity contribution in [2.75, 3.05) is 18.0 Å². The van der Waals surface area contributed by atoms with E-state index in [1.165, 1.54) is 19.2 Å². The predicted molar refractivity (Wildman–Crippen MR) is 113 cm³/mol. The van der Waals surface area contributed by atoms with E-state index in [4.69, 9.17) is 0 Å². The van der Waals surface area contributed by atoms with E-state index < -0.39 is 11.8 Å². The number of benzene rings is 1. The first kappa shape index (κ1) is 18.9. The van der Waals surface area contributed by atoms with E-state index in [0.717, 1.165) is 34.1 Å². The largest absolute Gasteiger partial charge is 0.368 e. The molecule has 3 aromatic heterocycles. The fourth-order valence-corrected chi connectivity index (χ4v) is 4.21. The van der Waals surface area contributed by atoms with Crippen LogP contribution in [-0.4, -0.2) is 44.5 Å². The van der Waals surface area contributed by atoms with Gasteiger partial charge < -0.3 is 10.2 Å². The Morgan fingerprint density at radius 1 is 1.07 bits per heavy atom. The first-order valence-corrected chi connectivity index (χ1v) is 10.0. The lowest BCUT2D eigenvalue weighted by atomic mass is 10.1. The standard InChI is InChI=1S/C22H22F2N6/c1-12-9-29(10-13(2)26-12)17-4-5-19-15(6-17)8-25-21(28-19)16-7-18(23)22-27-14(3)20(24)30(22)11-16/h4-8,11-13,26H,9-10H2,1-3H3. The van der Waals surface area contributed by atoms with Crippen molar-refractivity contribution >= 4 is 22.2 Å². The van der Waals surface area contributed by atoms with Crippen LogP contribution >= 0.6 is 0 Å². The summed E-state index contributed by atoms with van der Waals surface area (Å²) in [5.41, 5.74) is 2.38. The molecule has 5 rings (SSSR count). The van der Waals surface area contributed by atoms with Gasteiger partial charge in [0, 0.05) is 54.2 Å². The van der Waals surface area contributed by atoms with Gasteiger partial charge in [-0.3, -0.25) is 4.40 Å². The van der Waals surface area contributed by atoms with Gasteiger partial charge >= 0.3 is 0 Å². The second kappa shape index (κ2) is 6.98. The molecule has 0 radical (unpaired) electrons. The third-order valence-corrected chi connectivity index (χ3v) is 5.52. The Hall–Kier alpha value is -3.13. The lowest BCUT2D eigenvalue weighted by Crippen LogP contribution is -2.54. The average molecular weight is 408 g/mol. The number of nitrogens with zero attached hydrogens (tertiary/aromatic N) is 5. The Balaban J connectivity index is 1.53. The van der Waals surface area contributed by atoms with E-state index in [1.807, 2.05) is 12.1 Å². The van der Waals surface area contributed by atoms with Gasteiger partial charge in [-0.2, -0.15) is 4.39 Å². The van der Waals surface area contributed by atoms with Crippen molar-refractivity contribution in [1.82, 2.24) is 24.7 Å². The maximum atomic E-state index is 14.4. The average Bonchev–Trinajstić information content (AvgIpc) is 3.01. The summed E-state index contributed by atoms with van der Waals surface area (Å²) in [5, 5.41) is 4.44. The molecule has 8 heteroatoms. The zero-order valence-electron chi connectivity index (χ0n) is 17.0. The number of hydrogen-bond donors (Lipinski definition) is 1. The van der Waals surface area contributed by atoms with Gasteiger partial charge in [-0.1, -0.05) is 0 Å². The summed E-state index contributed by atoms with van der Waals surface area (Å²) in [6.45, 7) is 7.73. The van der Waals surface area contributed by atoms with Crippen LogP contribution in [0, 0.1) is 18.7 Å². The quantitative estimate of drug-likeness (QED) is 0.548. The highest BCUT2D eigenvalue weighted by Crippen LogP contribution is 2.26. The van der Waals surface area contributed by atoms with E-state index in [2.05, 4.69) is 45.1 Å². The number of halogens is 2. The summed E-state index contributed by atoms with van der Waals surface area (Å²) in [4.78, 5) is 15.3. The number of aryl methyl sites for hydroxylation is 1. The Kier molecular flexibility index (Phi) is 4.39. The molecule has 1 aliphatic rings. The molecule has 1 saturated heterocycles. The number of anilines is 1. The van der Waals surface area contributed by atoms with Crippen LogP contribution in [0.5, 0.6) is 0 Å². The fraction of sp³-hybridized carbons (Fsp3) is 0.318. The fourth-order valence-electron chi connectivity index (χ4n) is 4.21. The summed E-state index contributed by atoms with van der Waals surface area (Å²) >= 11 is 0. The Morgan fingerprint density at radius 2 is 1.83 bits per heavy atom. The van der Waals surface area contributed by atoms with Crippen molar-refractivity contribution in [3.8, 4) is 11.4 Å². The topological polar surface area (TPSA) is 58.4 Å². The highest BCUT2D eigenvalue weighted by molar-refractivity contribution is 5.83. The van der Waals surface area contributed by atoms with Gasteiger partial charge in [-0.15, -0.1) is 0 Å². The minimum absolute atomic E-state index is 0.0429. The predicted octanol–water partition coefficient (Wildman–Crippen LogP) is 3.72. The maximum Gasteiger partial charge on any atom is 0.220 e. The van der Waals surface area contributed by atoms with E-state index in [0.29, 0.717) is 23.5 Å². The summed E-state index contributed by atoms with van der Waals surface area (Å²) in [6.07, 6.45) is 3.21. The lowest BCUT2D eigenvalue weighted by Gasteiger charge is -2.37. The van der Waals surface area contributed by atoms with Gasteiger partial charge in [0.1, 0.15) is 0 Å². The number of hydrogen-bond acceptors (Lipinski definition) is 5. The summed E-state index contributed by atoms with van der Waals surface area (Å²) in [6, 6.07) is 8.20. The molecule has 2 atom stereocenters. The first-order valence-electron chi connectivity index (χ1n) is 10.0. The lowest BCUT2D eigenvalue weighted by molar-refractivity contribution is 0.407. The molecule has 1 N–H and O–H groups in total. The normalized spacial score (nSPS) is 19.7. The summed E-state index contributed by atoms with van der Waals surface area (Å²) < 4.78 is 29.8. The number of fused-ring (bicyclic) bond motifs is 2. The van der Waals surface area contributed by atoms with Crippen LogP contribution < -0.4 is 10.2 Å². The summed E-state index contributed by atoms with van der Waals surface area (Å²) in [5.74, 6) is -0.859. The van der Waals surface area contributed by atoms with Crippen molar-refractivity contribution in [3.05, 3.63) is 54.1 Å². The molecule has 0 aliphatic carbocycles. The van der Waals surface area contributed by atoms with E-state index in [9.17, 15) is 8.78 Å². The number of piperazine rings is 1. The second-order valence-electron chi connectivity index (χ2n) is 8.07. The molecule has 0 bridgehead atoms. The first-order chi connectivity index (χ1) is 14.4. The van der Waals surface area contributed by atoms with Gasteiger partial charge in [-0.25, -0.2) is 19.3 Å². The number of pyridine rings is 1.